The van der Waals surface area contributed by atoms with Crippen LogP contribution in [0.3, 0.4) is 0 Å². The van der Waals surface area contributed by atoms with Gasteiger partial charge in [-0.1, -0.05) is 23.7 Å². The molecule has 1 N–H and O–H groups in total. The number of nitrogens with zero attached hydrogens (tertiary/aromatic N) is 1. The molecule has 0 spiro atoms. The van der Waals surface area contributed by atoms with Gasteiger partial charge in [-0.25, -0.2) is 0 Å². The largest absolute Gasteiger partial charge is 0.490 e. The standard InChI is InChI=1S/C15H21ClN2O2/c1-18(15(19)12-5-4-8-17-11-12)9-10-20-14-7-3-2-6-13(14)16/h2-3,6-7,12,17H,4-5,8-11H2,1H3/t12-/m0/s1. The number of halogens is 1. The Morgan fingerprint density at radius 2 is 2.30 bits per heavy atom. The molecule has 1 heterocycles. The highest BCUT2D eigenvalue weighted by Gasteiger charge is 2.23. The molecule has 1 aromatic rings. The average molecular weight is 297 g/mol. The Labute approximate surface area is 125 Å². The summed E-state index contributed by atoms with van der Waals surface area (Å²) in [6, 6.07) is 7.36. The summed E-state index contributed by atoms with van der Waals surface area (Å²) in [4.78, 5) is 14.0. The molecule has 1 fully saturated rings. The maximum Gasteiger partial charge on any atom is 0.226 e. The zero-order valence-corrected chi connectivity index (χ0v) is 12.5. The number of para-hydroxylation sites is 1. The SMILES string of the molecule is CN(CCOc1ccccc1Cl)C(=O)[C@H]1CCCNC1. The van der Waals surface area contributed by atoms with Gasteiger partial charge in [0.2, 0.25) is 5.91 Å². The van der Waals surface area contributed by atoms with Gasteiger partial charge < -0.3 is 15.0 Å². The minimum atomic E-state index is 0.106. The summed E-state index contributed by atoms with van der Waals surface area (Å²) < 4.78 is 5.60. The Morgan fingerprint density at radius 3 is 3.00 bits per heavy atom. The maximum absolute atomic E-state index is 12.2. The third-order valence-corrected chi connectivity index (χ3v) is 3.86. The number of carbonyl (C=O) groups excluding carboxylic acids is 1. The Balaban J connectivity index is 1.75. The molecule has 110 valence electrons. The topological polar surface area (TPSA) is 41.6 Å². The van der Waals surface area contributed by atoms with E-state index < -0.39 is 0 Å². The van der Waals surface area contributed by atoms with E-state index in [4.69, 9.17) is 16.3 Å². The second kappa shape index (κ2) is 7.50. The highest BCUT2D eigenvalue weighted by Crippen LogP contribution is 2.22. The molecule has 1 atom stereocenters. The predicted molar refractivity (Wildman–Crippen MR) is 80.2 cm³/mol. The van der Waals surface area contributed by atoms with Gasteiger partial charge >= 0.3 is 0 Å². The second-order valence-corrected chi connectivity index (χ2v) is 5.49. The van der Waals surface area contributed by atoms with Crippen molar-refractivity contribution in [1.82, 2.24) is 10.2 Å². The fourth-order valence-electron chi connectivity index (χ4n) is 2.34. The first-order chi connectivity index (χ1) is 9.68. The van der Waals surface area contributed by atoms with Crippen LogP contribution in [-0.2, 0) is 4.79 Å². The Bertz CT molecular complexity index is 447. The highest BCUT2D eigenvalue weighted by atomic mass is 35.5. The molecule has 5 heteroatoms. The minimum Gasteiger partial charge on any atom is -0.490 e. The number of benzene rings is 1. The molecule has 1 aliphatic heterocycles. The number of hydrogen-bond donors (Lipinski definition) is 1. The van der Waals surface area contributed by atoms with Gasteiger partial charge in [0.25, 0.3) is 0 Å². The number of ether oxygens (including phenoxy) is 1. The smallest absolute Gasteiger partial charge is 0.226 e. The van der Waals surface area contributed by atoms with Crippen LogP contribution < -0.4 is 10.1 Å². The van der Waals surface area contributed by atoms with Gasteiger partial charge in [-0.3, -0.25) is 4.79 Å². The number of carbonyl (C=O) groups is 1. The second-order valence-electron chi connectivity index (χ2n) is 5.08. The quantitative estimate of drug-likeness (QED) is 0.905. The molecule has 20 heavy (non-hydrogen) atoms. The van der Waals surface area contributed by atoms with Crippen LogP contribution in [0.1, 0.15) is 12.8 Å². The van der Waals surface area contributed by atoms with E-state index in [-0.39, 0.29) is 11.8 Å². The van der Waals surface area contributed by atoms with Gasteiger partial charge in [-0.05, 0) is 31.5 Å². The summed E-state index contributed by atoms with van der Waals surface area (Å²) in [5.41, 5.74) is 0. The first kappa shape index (κ1) is 15.1. The Hall–Kier alpha value is -1.26. The number of piperidine rings is 1. The number of rotatable bonds is 5. The molecule has 0 aromatic heterocycles. The summed E-state index contributed by atoms with van der Waals surface area (Å²) >= 11 is 6.01. The van der Waals surface area contributed by atoms with Crippen LogP contribution in [0.2, 0.25) is 5.02 Å². The summed E-state index contributed by atoms with van der Waals surface area (Å²) in [5.74, 6) is 0.961. The number of nitrogens with one attached hydrogen (secondary N) is 1. The van der Waals surface area contributed by atoms with Crippen molar-refractivity contribution in [2.45, 2.75) is 12.8 Å². The van der Waals surface area contributed by atoms with Crippen molar-refractivity contribution in [1.29, 1.82) is 0 Å². The van der Waals surface area contributed by atoms with E-state index >= 15 is 0 Å². The normalized spacial score (nSPS) is 18.6. The third kappa shape index (κ3) is 4.12. The lowest BCUT2D eigenvalue weighted by atomic mass is 9.98. The molecule has 4 nitrogen and oxygen atoms in total. The number of hydrogen-bond acceptors (Lipinski definition) is 3. The zero-order chi connectivity index (χ0) is 14.4. The summed E-state index contributed by atoms with van der Waals surface area (Å²) in [5, 5.41) is 3.86. The van der Waals surface area contributed by atoms with Crippen LogP contribution in [0.5, 0.6) is 5.75 Å². The molecular formula is C15H21ClN2O2. The average Bonchev–Trinajstić information content (AvgIpc) is 2.49. The maximum atomic E-state index is 12.2. The highest BCUT2D eigenvalue weighted by molar-refractivity contribution is 6.32. The number of likely N-dealkylation sites (N-methyl/N-ethyl adjacent to an activating group) is 1. The molecular weight excluding hydrogens is 276 g/mol. The monoisotopic (exact) mass is 296 g/mol. The number of amides is 1. The van der Waals surface area contributed by atoms with Gasteiger partial charge in [0.05, 0.1) is 17.5 Å². The molecule has 0 bridgehead atoms. The van der Waals surface area contributed by atoms with Crippen LogP contribution in [0.15, 0.2) is 24.3 Å². The van der Waals surface area contributed by atoms with Gasteiger partial charge in [0.15, 0.2) is 0 Å². The summed E-state index contributed by atoms with van der Waals surface area (Å²) in [7, 11) is 1.83. The van der Waals surface area contributed by atoms with Crippen molar-refractivity contribution in [3.05, 3.63) is 29.3 Å². The van der Waals surface area contributed by atoms with Gasteiger partial charge in [-0.15, -0.1) is 0 Å². The zero-order valence-electron chi connectivity index (χ0n) is 11.8. The fraction of sp³-hybridized carbons (Fsp3) is 0.533. The van der Waals surface area contributed by atoms with Crippen molar-refractivity contribution in [2.24, 2.45) is 5.92 Å². The van der Waals surface area contributed by atoms with Gasteiger partial charge in [-0.2, -0.15) is 0 Å². The van der Waals surface area contributed by atoms with Crippen molar-refractivity contribution >= 4 is 17.5 Å². The summed E-state index contributed by atoms with van der Waals surface area (Å²) in [6.07, 6.45) is 2.04. The van der Waals surface area contributed by atoms with E-state index in [0.717, 1.165) is 25.9 Å². The fourth-order valence-corrected chi connectivity index (χ4v) is 2.53. The first-order valence-electron chi connectivity index (χ1n) is 7.01. The predicted octanol–water partition coefficient (Wildman–Crippen LogP) is 2.18. The molecule has 0 saturated carbocycles. The van der Waals surface area contributed by atoms with E-state index in [1.807, 2.05) is 25.2 Å². The van der Waals surface area contributed by atoms with E-state index in [0.29, 0.717) is 23.9 Å². The molecule has 1 aromatic carbocycles. The van der Waals surface area contributed by atoms with Crippen LogP contribution in [0.25, 0.3) is 0 Å². The van der Waals surface area contributed by atoms with Gasteiger partial charge in [0.1, 0.15) is 12.4 Å². The molecule has 0 unspecified atom stereocenters. The Kier molecular flexibility index (Phi) is 5.68. The van der Waals surface area contributed by atoms with Crippen LogP contribution >= 0.6 is 11.6 Å². The van der Waals surface area contributed by atoms with Crippen LogP contribution in [0.4, 0.5) is 0 Å². The lowest BCUT2D eigenvalue weighted by Gasteiger charge is -2.27. The summed E-state index contributed by atoms with van der Waals surface area (Å²) in [6.45, 7) is 2.82. The molecule has 1 aliphatic rings. The molecule has 0 aliphatic carbocycles. The first-order valence-corrected chi connectivity index (χ1v) is 7.39. The van der Waals surface area contributed by atoms with E-state index in [2.05, 4.69) is 5.32 Å². The Morgan fingerprint density at radius 1 is 1.50 bits per heavy atom. The van der Waals surface area contributed by atoms with E-state index in [1.165, 1.54) is 0 Å². The molecule has 2 rings (SSSR count). The van der Waals surface area contributed by atoms with Crippen LogP contribution in [0, 0.1) is 5.92 Å². The lowest BCUT2D eigenvalue weighted by Crippen LogP contribution is -2.42. The van der Waals surface area contributed by atoms with Crippen molar-refractivity contribution in [2.75, 3.05) is 33.3 Å². The van der Waals surface area contributed by atoms with E-state index in [9.17, 15) is 4.79 Å². The van der Waals surface area contributed by atoms with Crippen LogP contribution in [-0.4, -0.2) is 44.1 Å². The van der Waals surface area contributed by atoms with E-state index in [1.54, 1.807) is 11.0 Å². The van der Waals surface area contributed by atoms with Crippen molar-refractivity contribution in [3.8, 4) is 5.75 Å². The molecule has 1 saturated heterocycles. The van der Waals surface area contributed by atoms with Crippen molar-refractivity contribution in [3.63, 3.8) is 0 Å². The molecule has 0 radical (unpaired) electrons. The third-order valence-electron chi connectivity index (χ3n) is 3.54. The minimum absolute atomic E-state index is 0.106. The lowest BCUT2D eigenvalue weighted by molar-refractivity contribution is -0.135. The molecule has 1 amide bonds. The van der Waals surface area contributed by atoms with Crippen molar-refractivity contribution < 1.29 is 9.53 Å². The van der Waals surface area contributed by atoms with Gasteiger partial charge in [0, 0.05) is 13.6 Å².